The van der Waals surface area contributed by atoms with Crippen LogP contribution in [-0.4, -0.2) is 4.98 Å². The van der Waals surface area contributed by atoms with Crippen LogP contribution in [0.4, 0.5) is 23.0 Å². The minimum Gasteiger partial charge on any atom is -0.396 e. The van der Waals surface area contributed by atoms with E-state index in [-0.39, 0.29) is 0 Å². The Bertz CT molecular complexity index is 554. The fourth-order valence-corrected chi connectivity index (χ4v) is 1.94. The average molecular weight is 293 g/mol. The molecule has 0 bridgehead atoms. The Morgan fingerprint density at radius 3 is 2.59 bits per heavy atom. The molecule has 0 aliphatic rings. The molecule has 2 aromatic rings. The van der Waals surface area contributed by atoms with E-state index >= 15 is 0 Å². The van der Waals surface area contributed by atoms with Crippen molar-refractivity contribution in [2.45, 2.75) is 6.92 Å². The number of hydrogen-bond donors (Lipinski definition) is 3. The number of aromatic nitrogens is 1. The number of halogens is 1. The van der Waals surface area contributed by atoms with E-state index in [0.29, 0.717) is 17.3 Å². The molecule has 4 nitrogen and oxygen atoms in total. The number of benzene rings is 1. The predicted molar refractivity (Wildman–Crippen MR) is 75.2 cm³/mol. The number of nitrogens with zero attached hydrogens (tertiary/aromatic N) is 1. The number of pyridine rings is 1. The Morgan fingerprint density at radius 2 is 1.94 bits per heavy atom. The van der Waals surface area contributed by atoms with Gasteiger partial charge in [0, 0.05) is 10.2 Å². The molecular formula is C12H13BrN4. The van der Waals surface area contributed by atoms with Crippen molar-refractivity contribution in [3.63, 3.8) is 0 Å². The molecule has 0 radical (unpaired) electrons. The number of nitrogens with one attached hydrogen (secondary N) is 1. The molecule has 5 heteroatoms. The summed E-state index contributed by atoms with van der Waals surface area (Å²) in [5, 5.41) is 3.20. The summed E-state index contributed by atoms with van der Waals surface area (Å²) in [4.78, 5) is 4.16. The van der Waals surface area contributed by atoms with Crippen LogP contribution in [-0.2, 0) is 0 Å². The fourth-order valence-electron chi connectivity index (χ4n) is 1.46. The van der Waals surface area contributed by atoms with Crippen molar-refractivity contribution in [2.24, 2.45) is 0 Å². The van der Waals surface area contributed by atoms with E-state index in [1.807, 2.05) is 25.1 Å². The molecule has 17 heavy (non-hydrogen) atoms. The monoisotopic (exact) mass is 292 g/mol. The maximum Gasteiger partial charge on any atom is 0.149 e. The number of hydrogen-bond acceptors (Lipinski definition) is 4. The summed E-state index contributed by atoms with van der Waals surface area (Å²) in [7, 11) is 0. The standard InChI is InChI=1S/C12H13BrN4/c1-7-6-8(13)2-4-10(7)16-11-5-3-9(14)12(15)17-11/h2-6H,14H2,1H3,(H3,15,16,17). The van der Waals surface area contributed by atoms with Gasteiger partial charge in [0.1, 0.15) is 11.6 Å². The molecule has 5 N–H and O–H groups in total. The van der Waals surface area contributed by atoms with E-state index in [9.17, 15) is 0 Å². The third-order valence-electron chi connectivity index (χ3n) is 2.41. The van der Waals surface area contributed by atoms with Crippen LogP contribution in [0.3, 0.4) is 0 Å². The number of aryl methyl sites for hydroxylation is 1. The highest BCUT2D eigenvalue weighted by Crippen LogP contribution is 2.24. The van der Waals surface area contributed by atoms with Gasteiger partial charge in [0.05, 0.1) is 5.69 Å². The minimum absolute atomic E-state index is 0.338. The fraction of sp³-hybridized carbons (Fsp3) is 0.0833. The maximum absolute atomic E-state index is 5.65. The van der Waals surface area contributed by atoms with E-state index in [1.54, 1.807) is 12.1 Å². The first kappa shape index (κ1) is 11.7. The molecule has 0 fully saturated rings. The van der Waals surface area contributed by atoms with Crippen LogP contribution in [0, 0.1) is 6.92 Å². The Kier molecular flexibility index (Phi) is 3.19. The van der Waals surface area contributed by atoms with Gasteiger partial charge in [-0.2, -0.15) is 0 Å². The van der Waals surface area contributed by atoms with Gasteiger partial charge in [-0.3, -0.25) is 0 Å². The summed E-state index contributed by atoms with van der Waals surface area (Å²) in [6, 6.07) is 9.51. The maximum atomic E-state index is 5.65. The number of nitrogen functional groups attached to an aromatic ring is 2. The summed E-state index contributed by atoms with van der Waals surface area (Å²) < 4.78 is 1.05. The van der Waals surface area contributed by atoms with Crippen molar-refractivity contribution in [3.8, 4) is 0 Å². The lowest BCUT2D eigenvalue weighted by Gasteiger charge is -2.10. The Balaban J connectivity index is 2.28. The summed E-state index contributed by atoms with van der Waals surface area (Å²) in [5.74, 6) is 1.02. The first-order valence-electron chi connectivity index (χ1n) is 5.11. The summed E-state index contributed by atoms with van der Waals surface area (Å²) >= 11 is 3.42. The predicted octanol–water partition coefficient (Wildman–Crippen LogP) is 3.06. The molecule has 1 aromatic heterocycles. The summed E-state index contributed by atoms with van der Waals surface area (Å²) in [6.07, 6.45) is 0. The van der Waals surface area contributed by atoms with E-state index in [2.05, 4.69) is 26.2 Å². The lowest BCUT2D eigenvalue weighted by Crippen LogP contribution is -2.01. The van der Waals surface area contributed by atoms with Crippen LogP contribution in [0.15, 0.2) is 34.8 Å². The number of rotatable bonds is 2. The van der Waals surface area contributed by atoms with E-state index in [0.717, 1.165) is 15.7 Å². The zero-order valence-corrected chi connectivity index (χ0v) is 11.0. The van der Waals surface area contributed by atoms with Crippen LogP contribution in [0.1, 0.15) is 5.56 Å². The van der Waals surface area contributed by atoms with Crippen LogP contribution in [0.5, 0.6) is 0 Å². The normalized spacial score (nSPS) is 10.2. The molecule has 0 saturated carbocycles. The van der Waals surface area contributed by atoms with E-state index in [4.69, 9.17) is 11.5 Å². The van der Waals surface area contributed by atoms with Crippen molar-refractivity contribution < 1.29 is 0 Å². The van der Waals surface area contributed by atoms with Gasteiger partial charge in [0.25, 0.3) is 0 Å². The largest absolute Gasteiger partial charge is 0.396 e. The van der Waals surface area contributed by atoms with Crippen molar-refractivity contribution in [2.75, 3.05) is 16.8 Å². The Labute approximate surface area is 108 Å². The molecular weight excluding hydrogens is 280 g/mol. The third-order valence-corrected chi connectivity index (χ3v) is 2.90. The van der Waals surface area contributed by atoms with Crippen LogP contribution in [0.25, 0.3) is 0 Å². The highest BCUT2D eigenvalue weighted by molar-refractivity contribution is 9.10. The van der Waals surface area contributed by atoms with Crippen LogP contribution in [0.2, 0.25) is 0 Å². The highest BCUT2D eigenvalue weighted by atomic mass is 79.9. The van der Waals surface area contributed by atoms with Gasteiger partial charge in [0.15, 0.2) is 0 Å². The van der Waals surface area contributed by atoms with Crippen molar-refractivity contribution in [1.82, 2.24) is 4.98 Å². The quantitative estimate of drug-likeness (QED) is 0.795. The molecule has 0 amide bonds. The molecule has 0 aliphatic heterocycles. The van der Waals surface area contributed by atoms with Gasteiger partial charge < -0.3 is 16.8 Å². The van der Waals surface area contributed by atoms with Gasteiger partial charge >= 0.3 is 0 Å². The smallest absolute Gasteiger partial charge is 0.149 e. The molecule has 0 unspecified atom stereocenters. The zero-order valence-electron chi connectivity index (χ0n) is 9.37. The second-order valence-electron chi connectivity index (χ2n) is 3.76. The van der Waals surface area contributed by atoms with Crippen molar-refractivity contribution in [1.29, 1.82) is 0 Å². The van der Waals surface area contributed by atoms with E-state index < -0.39 is 0 Å². The van der Waals surface area contributed by atoms with Gasteiger partial charge in [-0.15, -0.1) is 0 Å². The molecule has 1 heterocycles. The van der Waals surface area contributed by atoms with Crippen molar-refractivity contribution in [3.05, 3.63) is 40.4 Å². The zero-order chi connectivity index (χ0) is 12.4. The summed E-state index contributed by atoms with van der Waals surface area (Å²) in [5.41, 5.74) is 13.9. The average Bonchev–Trinajstić information content (AvgIpc) is 2.27. The molecule has 0 spiro atoms. The second-order valence-corrected chi connectivity index (χ2v) is 4.67. The van der Waals surface area contributed by atoms with Gasteiger partial charge in [-0.1, -0.05) is 15.9 Å². The first-order chi connectivity index (χ1) is 8.06. The van der Waals surface area contributed by atoms with Crippen LogP contribution < -0.4 is 16.8 Å². The Hall–Kier alpha value is -1.75. The lowest BCUT2D eigenvalue weighted by molar-refractivity contribution is 1.30. The molecule has 1 aromatic carbocycles. The topological polar surface area (TPSA) is 77.0 Å². The third kappa shape index (κ3) is 2.68. The van der Waals surface area contributed by atoms with Gasteiger partial charge in [0.2, 0.25) is 0 Å². The molecule has 0 atom stereocenters. The highest BCUT2D eigenvalue weighted by Gasteiger charge is 2.02. The number of anilines is 4. The molecule has 88 valence electrons. The van der Waals surface area contributed by atoms with Gasteiger partial charge in [-0.25, -0.2) is 4.98 Å². The van der Waals surface area contributed by atoms with Crippen LogP contribution >= 0.6 is 15.9 Å². The SMILES string of the molecule is Cc1cc(Br)ccc1Nc1ccc(N)c(N)n1. The van der Waals surface area contributed by atoms with Crippen molar-refractivity contribution >= 4 is 38.9 Å². The minimum atomic E-state index is 0.338. The second kappa shape index (κ2) is 4.63. The lowest BCUT2D eigenvalue weighted by atomic mass is 10.2. The van der Waals surface area contributed by atoms with E-state index in [1.165, 1.54) is 0 Å². The number of nitrogens with two attached hydrogens (primary N) is 2. The van der Waals surface area contributed by atoms with Gasteiger partial charge in [-0.05, 0) is 42.8 Å². The Morgan fingerprint density at radius 1 is 1.18 bits per heavy atom. The molecule has 0 aliphatic carbocycles. The molecule has 2 rings (SSSR count). The first-order valence-corrected chi connectivity index (χ1v) is 5.91. The summed E-state index contributed by atoms with van der Waals surface area (Å²) in [6.45, 7) is 2.02. The molecule has 0 saturated heterocycles.